The van der Waals surface area contributed by atoms with Crippen LogP contribution in [0.4, 0.5) is 0 Å². The second-order valence-electron chi connectivity index (χ2n) is 5.19. The molecule has 2 saturated carbocycles. The molecule has 1 aromatic rings. The van der Waals surface area contributed by atoms with Gasteiger partial charge in [-0.05, 0) is 37.7 Å². The van der Waals surface area contributed by atoms with Gasteiger partial charge in [-0.1, -0.05) is 29.3 Å². The molecule has 0 saturated heterocycles. The highest BCUT2D eigenvalue weighted by atomic mass is 35.5. The Morgan fingerprint density at radius 3 is 2.53 bits per heavy atom. The summed E-state index contributed by atoms with van der Waals surface area (Å²) in [6.07, 6.45) is 5.47. The normalized spacial score (nSPS) is 19.9. The lowest BCUT2D eigenvalue weighted by atomic mass is 10.2. The summed E-state index contributed by atoms with van der Waals surface area (Å²) >= 11 is 11.9. The largest absolute Gasteiger partial charge is 0.296 e. The van der Waals surface area contributed by atoms with E-state index in [-0.39, 0.29) is 0 Å². The molecule has 0 spiro atoms. The third-order valence-electron chi connectivity index (χ3n) is 3.52. The molecular weight excluding hydrogens is 255 g/mol. The fourth-order valence-electron chi connectivity index (χ4n) is 2.19. The molecule has 4 heteroatoms. The van der Waals surface area contributed by atoms with Crippen LogP contribution in [-0.2, 0) is 6.54 Å². The summed E-state index contributed by atoms with van der Waals surface area (Å²) in [6, 6.07) is 4.60. The Morgan fingerprint density at radius 2 is 1.94 bits per heavy atom. The van der Waals surface area contributed by atoms with Crippen molar-refractivity contribution >= 4 is 23.2 Å². The Balaban J connectivity index is 1.69. The standard InChI is InChI=1S/C13H16Cl2N2/c14-12-6-3-10(13(15)16-12)8-17(11-4-5-11)7-9-1-2-9/h3,6,9,11H,1-2,4-5,7-8H2. The second kappa shape index (κ2) is 4.75. The molecule has 2 aliphatic carbocycles. The topological polar surface area (TPSA) is 16.1 Å². The predicted molar refractivity (Wildman–Crippen MR) is 70.4 cm³/mol. The number of halogens is 2. The summed E-state index contributed by atoms with van der Waals surface area (Å²) in [7, 11) is 0. The van der Waals surface area contributed by atoms with Crippen molar-refractivity contribution in [1.29, 1.82) is 0 Å². The van der Waals surface area contributed by atoms with Crippen LogP contribution in [0, 0.1) is 5.92 Å². The van der Waals surface area contributed by atoms with Gasteiger partial charge in [-0.25, -0.2) is 4.98 Å². The average Bonchev–Trinajstić information content (AvgIpc) is 3.14. The van der Waals surface area contributed by atoms with Crippen molar-refractivity contribution in [2.24, 2.45) is 5.92 Å². The predicted octanol–water partition coefficient (Wildman–Crippen LogP) is 3.76. The summed E-state index contributed by atoms with van der Waals surface area (Å²) in [5.74, 6) is 0.926. The molecule has 92 valence electrons. The first kappa shape index (κ1) is 11.8. The molecule has 0 N–H and O–H groups in total. The minimum atomic E-state index is 0.471. The summed E-state index contributed by atoms with van der Waals surface area (Å²) in [5, 5.41) is 1.03. The van der Waals surface area contributed by atoms with Crippen molar-refractivity contribution in [3.8, 4) is 0 Å². The zero-order chi connectivity index (χ0) is 11.8. The average molecular weight is 271 g/mol. The van der Waals surface area contributed by atoms with Crippen LogP contribution in [0.3, 0.4) is 0 Å². The highest BCUT2D eigenvalue weighted by Gasteiger charge is 2.33. The van der Waals surface area contributed by atoms with E-state index in [2.05, 4.69) is 9.88 Å². The summed E-state index contributed by atoms with van der Waals surface area (Å²) in [6.45, 7) is 2.15. The van der Waals surface area contributed by atoms with Gasteiger partial charge in [0.15, 0.2) is 0 Å². The van der Waals surface area contributed by atoms with Gasteiger partial charge in [0.1, 0.15) is 10.3 Å². The van der Waals surface area contributed by atoms with E-state index in [1.807, 2.05) is 12.1 Å². The van der Waals surface area contributed by atoms with Gasteiger partial charge < -0.3 is 0 Å². The molecule has 1 aromatic heterocycles. The van der Waals surface area contributed by atoms with E-state index in [4.69, 9.17) is 23.2 Å². The maximum absolute atomic E-state index is 6.13. The minimum absolute atomic E-state index is 0.471. The molecule has 0 aliphatic heterocycles. The highest BCUT2D eigenvalue weighted by molar-refractivity contribution is 6.32. The molecule has 0 bridgehead atoms. The molecule has 2 fully saturated rings. The molecule has 0 atom stereocenters. The van der Waals surface area contributed by atoms with Crippen molar-refractivity contribution in [2.45, 2.75) is 38.3 Å². The van der Waals surface area contributed by atoms with Crippen molar-refractivity contribution in [2.75, 3.05) is 6.54 Å². The van der Waals surface area contributed by atoms with E-state index < -0.39 is 0 Å². The monoisotopic (exact) mass is 270 g/mol. The van der Waals surface area contributed by atoms with E-state index in [1.54, 1.807) is 0 Å². The zero-order valence-corrected chi connectivity index (χ0v) is 11.2. The smallest absolute Gasteiger partial charge is 0.135 e. The zero-order valence-electron chi connectivity index (χ0n) is 9.70. The Bertz CT molecular complexity index is 414. The highest BCUT2D eigenvalue weighted by Crippen LogP contribution is 2.36. The second-order valence-corrected chi connectivity index (χ2v) is 5.93. The van der Waals surface area contributed by atoms with Crippen molar-refractivity contribution in [3.63, 3.8) is 0 Å². The van der Waals surface area contributed by atoms with Gasteiger partial charge in [0.25, 0.3) is 0 Å². The Morgan fingerprint density at radius 1 is 1.18 bits per heavy atom. The van der Waals surface area contributed by atoms with Gasteiger partial charge in [0.05, 0.1) is 0 Å². The van der Waals surface area contributed by atoms with E-state index in [0.29, 0.717) is 10.3 Å². The van der Waals surface area contributed by atoms with Crippen LogP contribution in [-0.4, -0.2) is 22.5 Å². The third-order valence-corrected chi connectivity index (χ3v) is 4.06. The molecule has 2 aliphatic rings. The summed E-state index contributed by atoms with van der Waals surface area (Å²) in [5.41, 5.74) is 1.10. The van der Waals surface area contributed by atoms with Gasteiger partial charge >= 0.3 is 0 Å². The molecule has 0 aromatic carbocycles. The lowest BCUT2D eigenvalue weighted by Crippen LogP contribution is -2.28. The first-order chi connectivity index (χ1) is 8.22. The molecule has 2 nitrogen and oxygen atoms in total. The van der Waals surface area contributed by atoms with E-state index in [1.165, 1.54) is 32.2 Å². The van der Waals surface area contributed by atoms with Crippen molar-refractivity contribution in [1.82, 2.24) is 9.88 Å². The molecular formula is C13H16Cl2N2. The van der Waals surface area contributed by atoms with Gasteiger partial charge in [-0.15, -0.1) is 0 Å². The lowest BCUT2D eigenvalue weighted by Gasteiger charge is -2.22. The first-order valence-electron chi connectivity index (χ1n) is 6.27. The Kier molecular flexibility index (Phi) is 3.29. The molecule has 0 unspecified atom stereocenters. The van der Waals surface area contributed by atoms with E-state index in [0.717, 1.165) is 24.1 Å². The number of nitrogens with zero attached hydrogens (tertiary/aromatic N) is 2. The van der Waals surface area contributed by atoms with Gasteiger partial charge in [-0.3, -0.25) is 4.90 Å². The van der Waals surface area contributed by atoms with Crippen LogP contribution >= 0.6 is 23.2 Å². The van der Waals surface area contributed by atoms with Crippen molar-refractivity contribution < 1.29 is 0 Å². The van der Waals surface area contributed by atoms with Crippen LogP contribution in [0.15, 0.2) is 12.1 Å². The van der Waals surface area contributed by atoms with Crippen LogP contribution in [0.1, 0.15) is 31.2 Å². The van der Waals surface area contributed by atoms with Crippen LogP contribution in [0.2, 0.25) is 10.3 Å². The van der Waals surface area contributed by atoms with Gasteiger partial charge in [0, 0.05) is 24.7 Å². The summed E-state index contributed by atoms with van der Waals surface area (Å²) in [4.78, 5) is 6.67. The van der Waals surface area contributed by atoms with E-state index >= 15 is 0 Å². The fraction of sp³-hybridized carbons (Fsp3) is 0.615. The van der Waals surface area contributed by atoms with Crippen molar-refractivity contribution in [3.05, 3.63) is 28.0 Å². The maximum atomic E-state index is 6.13. The Hall–Kier alpha value is -0.310. The molecule has 0 amide bonds. The number of aromatic nitrogens is 1. The minimum Gasteiger partial charge on any atom is -0.296 e. The third kappa shape index (κ3) is 3.12. The molecule has 17 heavy (non-hydrogen) atoms. The number of rotatable bonds is 5. The van der Waals surface area contributed by atoms with E-state index in [9.17, 15) is 0 Å². The number of pyridine rings is 1. The quantitative estimate of drug-likeness (QED) is 0.758. The van der Waals surface area contributed by atoms with Gasteiger partial charge in [0.2, 0.25) is 0 Å². The maximum Gasteiger partial charge on any atom is 0.135 e. The Labute approximate surface area is 112 Å². The lowest BCUT2D eigenvalue weighted by molar-refractivity contribution is 0.244. The first-order valence-corrected chi connectivity index (χ1v) is 7.03. The fourth-order valence-corrected chi connectivity index (χ4v) is 2.60. The SMILES string of the molecule is Clc1ccc(CN(CC2CC2)C2CC2)c(Cl)n1. The summed E-state index contributed by atoms with van der Waals surface area (Å²) < 4.78 is 0. The number of hydrogen-bond donors (Lipinski definition) is 0. The van der Waals surface area contributed by atoms with Crippen LogP contribution in [0.5, 0.6) is 0 Å². The molecule has 1 heterocycles. The van der Waals surface area contributed by atoms with Gasteiger partial charge in [-0.2, -0.15) is 0 Å². The number of hydrogen-bond acceptors (Lipinski definition) is 2. The van der Waals surface area contributed by atoms with Crippen LogP contribution in [0.25, 0.3) is 0 Å². The van der Waals surface area contributed by atoms with Crippen LogP contribution < -0.4 is 0 Å². The molecule has 0 radical (unpaired) electrons. The molecule has 3 rings (SSSR count).